The van der Waals surface area contributed by atoms with Gasteiger partial charge in [-0.05, 0) is 66.7 Å². The van der Waals surface area contributed by atoms with E-state index in [9.17, 15) is 5.26 Å². The van der Waals surface area contributed by atoms with Crippen molar-refractivity contribution in [2.45, 2.75) is 0 Å². The molecule has 2 heterocycles. The second-order valence-electron chi connectivity index (χ2n) is 10.8. The molecule has 0 aliphatic carbocycles. The number of nitriles is 1. The van der Waals surface area contributed by atoms with E-state index < -0.39 is 0 Å². The van der Waals surface area contributed by atoms with Crippen molar-refractivity contribution >= 4 is 49.8 Å². The summed E-state index contributed by atoms with van der Waals surface area (Å²) in [6.07, 6.45) is 0. The molecule has 0 spiro atoms. The first-order valence-corrected chi connectivity index (χ1v) is 14.6. The van der Waals surface area contributed by atoms with Crippen molar-refractivity contribution < 1.29 is 0 Å². The number of benzene rings is 6. The van der Waals surface area contributed by atoms with Gasteiger partial charge in [-0.25, -0.2) is 4.98 Å². The van der Waals surface area contributed by atoms with Gasteiger partial charge in [-0.1, -0.05) is 91.0 Å². The molecule has 0 amide bonds. The predicted octanol–water partition coefficient (Wildman–Crippen LogP) is 10.3. The van der Waals surface area contributed by atoms with Gasteiger partial charge in [0.2, 0.25) is 0 Å². The van der Waals surface area contributed by atoms with Gasteiger partial charge in [-0.15, -0.1) is 0 Å². The van der Waals surface area contributed by atoms with Crippen LogP contribution in [-0.4, -0.2) is 9.55 Å². The fraction of sp³-hybridized carbons (Fsp3) is 0. The van der Waals surface area contributed by atoms with Crippen molar-refractivity contribution in [1.29, 1.82) is 5.26 Å². The zero-order chi connectivity index (χ0) is 29.5. The lowest BCUT2D eigenvalue weighted by atomic mass is 10.0. The molecule has 4 nitrogen and oxygen atoms in total. The Morgan fingerprint density at radius 2 is 1.23 bits per heavy atom. The molecule has 0 aliphatic heterocycles. The highest BCUT2D eigenvalue weighted by molar-refractivity contribution is 6.11. The Hall–Kier alpha value is -6.18. The van der Waals surface area contributed by atoms with Crippen LogP contribution >= 0.6 is 0 Å². The van der Waals surface area contributed by atoms with Crippen LogP contribution in [0.15, 0.2) is 158 Å². The molecule has 0 saturated carbocycles. The van der Waals surface area contributed by atoms with Gasteiger partial charge < -0.3 is 9.47 Å². The normalized spacial score (nSPS) is 11.2. The summed E-state index contributed by atoms with van der Waals surface area (Å²) in [6.45, 7) is 0. The molecular formula is C40H26N4. The minimum absolute atomic E-state index is 0.614. The Morgan fingerprint density at radius 1 is 0.545 bits per heavy atom. The standard InChI is InChI=1S/C40H26N4/c41-27-29-12-7-8-18-33(29)36-24-22-28-13-11-21-39(40(28)42-36)44-37-20-10-9-19-34(37)35-26-32(23-25-38(35)44)43(30-14-3-1-4-15-30)31-16-5-2-6-17-31/h1-26H. The van der Waals surface area contributed by atoms with Gasteiger partial charge in [-0.2, -0.15) is 5.26 Å². The molecule has 206 valence electrons. The Kier molecular flexibility index (Phi) is 6.14. The fourth-order valence-electron chi connectivity index (χ4n) is 6.23. The van der Waals surface area contributed by atoms with Gasteiger partial charge in [0.15, 0.2) is 0 Å². The van der Waals surface area contributed by atoms with E-state index in [0.29, 0.717) is 5.56 Å². The predicted molar refractivity (Wildman–Crippen MR) is 181 cm³/mol. The second-order valence-corrected chi connectivity index (χ2v) is 10.8. The van der Waals surface area contributed by atoms with Gasteiger partial charge >= 0.3 is 0 Å². The first-order valence-electron chi connectivity index (χ1n) is 14.6. The Labute approximate surface area is 255 Å². The Bertz CT molecular complexity index is 2310. The number of hydrogen-bond acceptors (Lipinski definition) is 3. The fourth-order valence-corrected chi connectivity index (χ4v) is 6.23. The summed E-state index contributed by atoms with van der Waals surface area (Å²) < 4.78 is 2.32. The van der Waals surface area contributed by atoms with E-state index in [0.717, 1.165) is 61.3 Å². The summed E-state index contributed by atoms with van der Waals surface area (Å²) in [6, 6.07) is 56.6. The number of rotatable bonds is 5. The van der Waals surface area contributed by atoms with Gasteiger partial charge in [0, 0.05) is 38.8 Å². The minimum atomic E-state index is 0.614. The molecule has 6 aromatic carbocycles. The summed E-state index contributed by atoms with van der Waals surface area (Å²) in [4.78, 5) is 7.46. The van der Waals surface area contributed by atoms with Crippen LogP contribution in [0.1, 0.15) is 5.56 Å². The summed E-state index contributed by atoms with van der Waals surface area (Å²) in [5, 5.41) is 13.1. The molecule has 8 aromatic rings. The van der Waals surface area contributed by atoms with Crippen molar-refractivity contribution in [3.8, 4) is 23.0 Å². The van der Waals surface area contributed by atoms with Crippen molar-refractivity contribution in [1.82, 2.24) is 9.55 Å². The van der Waals surface area contributed by atoms with Gasteiger partial charge in [0.05, 0.1) is 39.6 Å². The Morgan fingerprint density at radius 3 is 2.00 bits per heavy atom. The summed E-state index contributed by atoms with van der Waals surface area (Å²) >= 11 is 0. The van der Waals surface area contributed by atoms with Gasteiger partial charge in [-0.3, -0.25) is 0 Å². The molecule has 44 heavy (non-hydrogen) atoms. The number of hydrogen-bond donors (Lipinski definition) is 0. The first-order chi connectivity index (χ1) is 21.8. The van der Waals surface area contributed by atoms with Crippen molar-refractivity contribution in [3.63, 3.8) is 0 Å². The summed E-state index contributed by atoms with van der Waals surface area (Å²) in [5.74, 6) is 0. The number of nitrogens with zero attached hydrogens (tertiary/aromatic N) is 4. The van der Waals surface area contributed by atoms with E-state index in [2.05, 4.69) is 131 Å². The lowest BCUT2D eigenvalue weighted by Crippen LogP contribution is -2.09. The molecule has 0 atom stereocenters. The molecule has 2 aromatic heterocycles. The zero-order valence-corrected chi connectivity index (χ0v) is 23.8. The van der Waals surface area contributed by atoms with Gasteiger partial charge in [0.1, 0.15) is 0 Å². The monoisotopic (exact) mass is 562 g/mol. The van der Waals surface area contributed by atoms with Crippen molar-refractivity contribution in [2.75, 3.05) is 4.90 Å². The largest absolute Gasteiger partial charge is 0.310 e. The number of pyridine rings is 1. The van der Waals surface area contributed by atoms with E-state index in [4.69, 9.17) is 4.98 Å². The van der Waals surface area contributed by atoms with Gasteiger partial charge in [0.25, 0.3) is 0 Å². The van der Waals surface area contributed by atoms with Crippen LogP contribution in [-0.2, 0) is 0 Å². The second kappa shape index (κ2) is 10.6. The highest BCUT2D eigenvalue weighted by atomic mass is 15.1. The molecule has 0 bridgehead atoms. The van der Waals surface area contributed by atoms with Crippen LogP contribution < -0.4 is 4.90 Å². The molecule has 0 saturated heterocycles. The molecule has 8 rings (SSSR count). The maximum Gasteiger partial charge on any atom is 0.0998 e. The topological polar surface area (TPSA) is 44.9 Å². The quantitative estimate of drug-likeness (QED) is 0.210. The lowest BCUT2D eigenvalue weighted by molar-refractivity contribution is 1.18. The van der Waals surface area contributed by atoms with E-state index in [1.165, 1.54) is 5.39 Å². The van der Waals surface area contributed by atoms with Crippen LogP contribution in [0.3, 0.4) is 0 Å². The third-order valence-corrected chi connectivity index (χ3v) is 8.21. The van der Waals surface area contributed by atoms with Crippen LogP contribution in [0.5, 0.6) is 0 Å². The highest BCUT2D eigenvalue weighted by Gasteiger charge is 2.18. The lowest BCUT2D eigenvalue weighted by Gasteiger charge is -2.25. The first kappa shape index (κ1) is 25.5. The average molecular weight is 563 g/mol. The van der Waals surface area contributed by atoms with Crippen molar-refractivity contribution in [2.24, 2.45) is 0 Å². The number of fused-ring (bicyclic) bond motifs is 4. The highest BCUT2D eigenvalue weighted by Crippen LogP contribution is 2.40. The average Bonchev–Trinajstić information content (AvgIpc) is 3.42. The van der Waals surface area contributed by atoms with E-state index >= 15 is 0 Å². The SMILES string of the molecule is N#Cc1ccccc1-c1ccc2cccc(-n3c4ccccc4c4cc(N(c5ccccc5)c5ccccc5)ccc43)c2n1. The molecular weight excluding hydrogens is 536 g/mol. The summed E-state index contributed by atoms with van der Waals surface area (Å²) in [5.41, 5.74) is 9.63. The molecule has 0 radical (unpaired) electrons. The van der Waals surface area contributed by atoms with E-state index in [1.807, 2.05) is 42.5 Å². The Balaban J connectivity index is 1.37. The summed E-state index contributed by atoms with van der Waals surface area (Å²) in [7, 11) is 0. The third-order valence-electron chi connectivity index (χ3n) is 8.21. The van der Waals surface area contributed by atoms with Crippen LogP contribution in [0, 0.1) is 11.3 Å². The van der Waals surface area contributed by atoms with E-state index in [-0.39, 0.29) is 0 Å². The smallest absolute Gasteiger partial charge is 0.0998 e. The van der Waals surface area contributed by atoms with Crippen molar-refractivity contribution in [3.05, 3.63) is 163 Å². The molecule has 4 heteroatoms. The number of anilines is 3. The maximum absolute atomic E-state index is 9.76. The number of para-hydroxylation sites is 4. The zero-order valence-electron chi connectivity index (χ0n) is 23.8. The molecule has 0 aliphatic rings. The number of aromatic nitrogens is 2. The molecule has 0 unspecified atom stereocenters. The van der Waals surface area contributed by atoms with E-state index in [1.54, 1.807) is 0 Å². The molecule has 0 fully saturated rings. The van der Waals surface area contributed by atoms with Crippen LogP contribution in [0.4, 0.5) is 17.1 Å². The molecule has 0 N–H and O–H groups in total. The van der Waals surface area contributed by atoms with Crippen LogP contribution in [0.25, 0.3) is 49.7 Å². The maximum atomic E-state index is 9.76. The van der Waals surface area contributed by atoms with Crippen LogP contribution in [0.2, 0.25) is 0 Å². The minimum Gasteiger partial charge on any atom is -0.310 e. The third kappa shape index (κ3) is 4.19.